The maximum Gasteiger partial charge on any atom is 0.238 e. The zero-order chi connectivity index (χ0) is 15.8. The van der Waals surface area contributed by atoms with Gasteiger partial charge in [0.05, 0.1) is 0 Å². The quantitative estimate of drug-likeness (QED) is 0.227. The highest BCUT2D eigenvalue weighted by molar-refractivity contribution is 14.0. The van der Waals surface area contributed by atoms with Gasteiger partial charge in [-0.15, -0.1) is 48.0 Å². The second kappa shape index (κ2) is 9.05. The van der Waals surface area contributed by atoms with Gasteiger partial charge in [-0.3, -0.25) is 0 Å². The van der Waals surface area contributed by atoms with E-state index in [9.17, 15) is 0 Å². The summed E-state index contributed by atoms with van der Waals surface area (Å²) in [7, 11) is 4.38. The Morgan fingerprint density at radius 3 is 1.48 bits per heavy atom. The largest absolute Gasteiger partial charge is 0.238 e. The molecule has 2 nitrogen and oxygen atoms in total. The number of rotatable bonds is 4. The van der Waals surface area contributed by atoms with Gasteiger partial charge in [-0.1, -0.05) is 46.9 Å². The third-order valence-electron chi connectivity index (χ3n) is 4.44. The average molecular weight is 596 g/mol. The number of hydrogen-bond acceptors (Lipinski definition) is 2. The number of thiazole rings is 2. The number of fused-ring (bicyclic) bond motifs is 2. The van der Waals surface area contributed by atoms with Crippen LogP contribution in [-0.4, -0.2) is 0 Å². The summed E-state index contributed by atoms with van der Waals surface area (Å²) in [5.41, 5.74) is 2.69. The summed E-state index contributed by atoms with van der Waals surface area (Å²) in [5, 5.41) is 2.94. The Labute approximate surface area is 190 Å². The van der Waals surface area contributed by atoms with E-state index in [2.05, 4.69) is 71.8 Å². The highest BCUT2D eigenvalue weighted by Crippen LogP contribution is 2.23. The first kappa shape index (κ1) is 21.0. The molecule has 2 aromatic carbocycles. The second-order valence-electron chi connectivity index (χ2n) is 5.90. The molecule has 0 aliphatic carbocycles. The van der Waals surface area contributed by atoms with Crippen LogP contribution < -0.4 is 9.13 Å². The molecule has 132 valence electrons. The van der Waals surface area contributed by atoms with Crippen LogP contribution in [-0.2, 0) is 26.9 Å². The Morgan fingerprint density at radius 2 is 1.08 bits per heavy atom. The van der Waals surface area contributed by atoms with Gasteiger partial charge in [-0.05, 0) is 18.6 Å². The zero-order valence-corrected chi connectivity index (χ0v) is 20.6. The molecule has 0 N–H and O–H groups in total. The summed E-state index contributed by atoms with van der Waals surface area (Å²) in [6, 6.07) is 17.3. The fraction of sp³-hybridized carbons (Fsp3) is 0.263. The fourth-order valence-electron chi connectivity index (χ4n) is 3.13. The standard InChI is InChI=1S/C19H20N2S2.2HI/c1-20-14-8-3-5-10-16(14)22-18(20)12-7-13-19-21(2)15-9-4-6-11-17(15)23-19;;/h3-6,8-11H,7,12-13H2,1-2H3;2*1H/q+2;;. The van der Waals surface area contributed by atoms with E-state index in [0.29, 0.717) is 0 Å². The molecular weight excluding hydrogens is 574 g/mol. The van der Waals surface area contributed by atoms with Crippen molar-refractivity contribution >= 4 is 91.1 Å². The van der Waals surface area contributed by atoms with E-state index in [1.54, 1.807) is 0 Å². The van der Waals surface area contributed by atoms with Gasteiger partial charge in [-0.2, -0.15) is 9.13 Å². The minimum atomic E-state index is 0. The lowest BCUT2D eigenvalue weighted by Gasteiger charge is -1.94. The smallest absolute Gasteiger partial charge is 0.189 e. The number of benzene rings is 2. The van der Waals surface area contributed by atoms with Crippen molar-refractivity contribution < 1.29 is 9.13 Å². The number of halogens is 2. The molecule has 2 aromatic heterocycles. The molecule has 6 heteroatoms. The summed E-state index contributed by atoms with van der Waals surface area (Å²) < 4.78 is 7.48. The lowest BCUT2D eigenvalue weighted by molar-refractivity contribution is -0.649. The molecule has 0 bridgehead atoms. The van der Waals surface area contributed by atoms with E-state index >= 15 is 0 Å². The van der Waals surface area contributed by atoms with Crippen molar-refractivity contribution in [2.24, 2.45) is 14.1 Å². The molecule has 0 unspecified atom stereocenters. The predicted octanol–water partition coefficient (Wildman–Crippen LogP) is 5.18. The first-order valence-corrected chi connectivity index (χ1v) is 9.60. The van der Waals surface area contributed by atoms with Crippen LogP contribution in [0.3, 0.4) is 0 Å². The van der Waals surface area contributed by atoms with E-state index < -0.39 is 0 Å². The molecule has 4 rings (SSSR count). The SMILES string of the molecule is C[n+]1c(CCCc2sc3ccccc3[n+]2C)sc2ccccc21.I.I. The molecular formula is C19H22I2N2S2+2. The zero-order valence-electron chi connectivity index (χ0n) is 14.3. The van der Waals surface area contributed by atoms with Crippen LogP contribution in [0.25, 0.3) is 20.4 Å². The molecule has 0 saturated carbocycles. The van der Waals surface area contributed by atoms with Gasteiger partial charge in [-0.25, -0.2) is 0 Å². The van der Waals surface area contributed by atoms with Gasteiger partial charge in [0.15, 0.2) is 0 Å². The normalized spacial score (nSPS) is 10.6. The summed E-state index contributed by atoms with van der Waals surface area (Å²) in [6.07, 6.45) is 3.48. The van der Waals surface area contributed by atoms with Crippen LogP contribution >= 0.6 is 70.6 Å². The van der Waals surface area contributed by atoms with Crippen molar-refractivity contribution in [1.29, 1.82) is 0 Å². The fourth-order valence-corrected chi connectivity index (χ4v) is 5.51. The van der Waals surface area contributed by atoms with Gasteiger partial charge in [0.25, 0.3) is 0 Å². The van der Waals surface area contributed by atoms with Crippen LogP contribution in [0.15, 0.2) is 48.5 Å². The van der Waals surface area contributed by atoms with Crippen LogP contribution in [0.4, 0.5) is 0 Å². The van der Waals surface area contributed by atoms with Crippen LogP contribution in [0.5, 0.6) is 0 Å². The van der Waals surface area contributed by atoms with E-state index in [-0.39, 0.29) is 48.0 Å². The van der Waals surface area contributed by atoms with E-state index in [1.165, 1.54) is 36.9 Å². The Morgan fingerprint density at radius 1 is 0.680 bits per heavy atom. The monoisotopic (exact) mass is 596 g/mol. The molecule has 25 heavy (non-hydrogen) atoms. The molecule has 0 amide bonds. The first-order chi connectivity index (χ1) is 11.2. The Kier molecular flexibility index (Phi) is 7.60. The molecule has 0 aliphatic rings. The average Bonchev–Trinajstić information content (AvgIpc) is 3.07. The van der Waals surface area contributed by atoms with Gasteiger partial charge in [0.1, 0.15) is 23.5 Å². The van der Waals surface area contributed by atoms with E-state index in [4.69, 9.17) is 0 Å². The van der Waals surface area contributed by atoms with Crippen LogP contribution in [0.2, 0.25) is 0 Å². The van der Waals surface area contributed by atoms with Crippen molar-refractivity contribution in [2.45, 2.75) is 19.3 Å². The molecule has 0 aliphatic heterocycles. The summed E-state index contributed by atoms with van der Waals surface area (Å²) in [4.78, 5) is 0. The molecule has 0 fully saturated rings. The summed E-state index contributed by atoms with van der Waals surface area (Å²) >= 11 is 3.86. The molecule has 0 radical (unpaired) electrons. The number of aromatic nitrogens is 2. The molecule has 0 saturated heterocycles. The number of aryl methyl sites for hydroxylation is 4. The van der Waals surface area contributed by atoms with E-state index in [0.717, 1.165) is 12.8 Å². The van der Waals surface area contributed by atoms with Gasteiger partial charge >= 0.3 is 0 Å². The molecule has 2 heterocycles. The maximum absolute atomic E-state index is 2.35. The minimum absolute atomic E-state index is 0. The van der Waals surface area contributed by atoms with Crippen molar-refractivity contribution in [3.63, 3.8) is 0 Å². The molecule has 0 spiro atoms. The van der Waals surface area contributed by atoms with Gasteiger partial charge < -0.3 is 0 Å². The van der Waals surface area contributed by atoms with Crippen molar-refractivity contribution in [1.82, 2.24) is 0 Å². The van der Waals surface area contributed by atoms with Crippen LogP contribution in [0, 0.1) is 0 Å². The van der Waals surface area contributed by atoms with Gasteiger partial charge in [0.2, 0.25) is 21.0 Å². The molecule has 0 atom stereocenters. The topological polar surface area (TPSA) is 7.76 Å². The summed E-state index contributed by atoms with van der Waals surface area (Å²) in [6.45, 7) is 0. The number of para-hydroxylation sites is 2. The summed E-state index contributed by atoms with van der Waals surface area (Å²) in [5.74, 6) is 0. The maximum atomic E-state index is 2.35. The first-order valence-electron chi connectivity index (χ1n) is 7.97. The van der Waals surface area contributed by atoms with E-state index in [1.807, 2.05) is 22.7 Å². The van der Waals surface area contributed by atoms with Crippen molar-refractivity contribution in [3.05, 3.63) is 58.5 Å². The minimum Gasteiger partial charge on any atom is -0.189 e. The number of nitrogens with zero attached hydrogens (tertiary/aromatic N) is 2. The molecule has 4 aromatic rings. The number of hydrogen-bond donors (Lipinski definition) is 0. The predicted molar refractivity (Wildman–Crippen MR) is 129 cm³/mol. The van der Waals surface area contributed by atoms with Gasteiger partial charge in [0, 0.05) is 25.0 Å². The second-order valence-corrected chi connectivity index (χ2v) is 8.13. The van der Waals surface area contributed by atoms with Crippen LogP contribution in [0.1, 0.15) is 16.4 Å². The van der Waals surface area contributed by atoms with Crippen molar-refractivity contribution in [3.8, 4) is 0 Å². The lowest BCUT2D eigenvalue weighted by atomic mass is 10.2. The Balaban J connectivity index is 0.00000113. The highest BCUT2D eigenvalue weighted by Gasteiger charge is 2.19. The third kappa shape index (κ3) is 4.17. The third-order valence-corrected chi connectivity index (χ3v) is 7.00. The lowest BCUT2D eigenvalue weighted by Crippen LogP contribution is -2.32. The Hall–Kier alpha value is -0.320. The van der Waals surface area contributed by atoms with Crippen molar-refractivity contribution in [2.75, 3.05) is 0 Å². The Bertz CT molecular complexity index is 912. The highest BCUT2D eigenvalue weighted by atomic mass is 127.